The topological polar surface area (TPSA) is 87.6 Å². The first-order valence-electron chi connectivity index (χ1n) is 7.03. The number of sulfone groups is 1. The molecule has 0 amide bonds. The van der Waals surface area contributed by atoms with Gasteiger partial charge in [-0.05, 0) is 25.5 Å². The molecule has 0 saturated carbocycles. The van der Waals surface area contributed by atoms with E-state index >= 15 is 0 Å². The largest absolute Gasteiger partial charge is 0.478 e. The predicted molar refractivity (Wildman–Crippen MR) is 80.7 cm³/mol. The lowest BCUT2D eigenvalue weighted by Crippen LogP contribution is -2.47. The molecule has 1 aliphatic heterocycles. The highest BCUT2D eigenvalue weighted by Crippen LogP contribution is 2.22. The molecule has 116 valence electrons. The Balaban J connectivity index is 2.36. The number of hydrogen-bond acceptors (Lipinski definition) is 5. The molecule has 1 aromatic heterocycles. The van der Waals surface area contributed by atoms with Gasteiger partial charge in [-0.1, -0.05) is 13.3 Å². The number of aromatic nitrogens is 1. The number of anilines is 1. The average molecular weight is 312 g/mol. The molecule has 1 unspecified atom stereocenters. The second-order valence-corrected chi connectivity index (χ2v) is 7.65. The lowest BCUT2D eigenvalue weighted by atomic mass is 10.1. The van der Waals surface area contributed by atoms with Gasteiger partial charge < -0.3 is 10.0 Å². The van der Waals surface area contributed by atoms with Gasteiger partial charge in [0.1, 0.15) is 5.82 Å². The Hall–Kier alpha value is -1.63. The van der Waals surface area contributed by atoms with Crippen LogP contribution in [0, 0.1) is 0 Å². The van der Waals surface area contributed by atoms with E-state index in [1.807, 2.05) is 18.7 Å². The second kappa shape index (κ2) is 6.01. The summed E-state index contributed by atoms with van der Waals surface area (Å²) < 4.78 is 23.3. The van der Waals surface area contributed by atoms with Gasteiger partial charge in [0, 0.05) is 18.3 Å². The first-order chi connectivity index (χ1) is 9.82. The van der Waals surface area contributed by atoms with E-state index in [1.54, 1.807) is 6.07 Å². The van der Waals surface area contributed by atoms with E-state index in [0.29, 0.717) is 18.8 Å². The third-order valence-electron chi connectivity index (χ3n) is 3.58. The fourth-order valence-corrected chi connectivity index (χ4v) is 4.12. The van der Waals surface area contributed by atoms with Crippen LogP contribution in [0.25, 0.3) is 0 Å². The third kappa shape index (κ3) is 3.72. The Bertz CT molecular complexity index is 642. The predicted octanol–water partition coefficient (Wildman–Crippen LogP) is 1.36. The molecule has 1 fully saturated rings. The maximum atomic E-state index is 11.6. The number of rotatable bonds is 4. The van der Waals surface area contributed by atoms with E-state index in [-0.39, 0.29) is 23.1 Å². The zero-order valence-electron chi connectivity index (χ0n) is 12.2. The van der Waals surface area contributed by atoms with Crippen LogP contribution >= 0.6 is 0 Å². The van der Waals surface area contributed by atoms with Crippen molar-refractivity contribution in [1.29, 1.82) is 0 Å². The zero-order valence-corrected chi connectivity index (χ0v) is 13.1. The van der Waals surface area contributed by atoms with E-state index in [1.165, 1.54) is 6.07 Å². The summed E-state index contributed by atoms with van der Waals surface area (Å²) in [5.74, 6) is -0.275. The Morgan fingerprint density at radius 3 is 2.76 bits per heavy atom. The molecule has 6 nitrogen and oxygen atoms in total. The van der Waals surface area contributed by atoms with Crippen LogP contribution in [0.2, 0.25) is 0 Å². The van der Waals surface area contributed by atoms with Gasteiger partial charge in [0.25, 0.3) is 0 Å². The smallest absolute Gasteiger partial charge is 0.335 e. The van der Waals surface area contributed by atoms with E-state index < -0.39 is 15.8 Å². The number of nitrogens with zero attached hydrogens (tertiary/aromatic N) is 2. The fourth-order valence-electron chi connectivity index (χ4n) is 2.57. The van der Waals surface area contributed by atoms with Gasteiger partial charge in [-0.15, -0.1) is 0 Å². The standard InChI is InChI=1S/C14H20N2O4S/c1-3-4-12-7-11(14(17)18)8-13(15-12)16-5-6-21(19,20)9-10(16)2/h7-8,10H,3-6,9H2,1-2H3,(H,17,18). The Morgan fingerprint density at radius 2 is 2.19 bits per heavy atom. The summed E-state index contributed by atoms with van der Waals surface area (Å²) in [5.41, 5.74) is 0.928. The monoisotopic (exact) mass is 312 g/mol. The molecular weight excluding hydrogens is 292 g/mol. The van der Waals surface area contributed by atoms with Gasteiger partial charge in [-0.3, -0.25) is 0 Å². The summed E-state index contributed by atoms with van der Waals surface area (Å²) in [4.78, 5) is 17.6. The maximum absolute atomic E-state index is 11.6. The minimum Gasteiger partial charge on any atom is -0.478 e. The van der Waals surface area contributed by atoms with E-state index in [2.05, 4.69) is 4.98 Å². The molecule has 0 radical (unpaired) electrons. The average Bonchev–Trinajstić information content (AvgIpc) is 2.37. The van der Waals surface area contributed by atoms with Crippen LogP contribution in [0.15, 0.2) is 12.1 Å². The highest BCUT2D eigenvalue weighted by atomic mass is 32.2. The maximum Gasteiger partial charge on any atom is 0.335 e. The number of aryl methyl sites for hydroxylation is 1. The van der Waals surface area contributed by atoms with Crippen LogP contribution < -0.4 is 4.90 Å². The van der Waals surface area contributed by atoms with Crippen molar-refractivity contribution in [2.24, 2.45) is 0 Å². The van der Waals surface area contributed by atoms with Crippen molar-refractivity contribution in [1.82, 2.24) is 4.98 Å². The second-order valence-electron chi connectivity index (χ2n) is 5.42. The number of carboxylic acid groups (broad SMARTS) is 1. The highest BCUT2D eigenvalue weighted by molar-refractivity contribution is 7.91. The Morgan fingerprint density at radius 1 is 1.48 bits per heavy atom. The van der Waals surface area contributed by atoms with E-state index in [0.717, 1.165) is 12.1 Å². The summed E-state index contributed by atoms with van der Waals surface area (Å²) in [6.45, 7) is 4.18. The molecule has 7 heteroatoms. The molecule has 1 aliphatic rings. The minimum atomic E-state index is -3.01. The molecule has 0 bridgehead atoms. The van der Waals surface area contributed by atoms with E-state index in [9.17, 15) is 18.3 Å². The number of carboxylic acids is 1. The molecule has 21 heavy (non-hydrogen) atoms. The van der Waals surface area contributed by atoms with Crippen LogP contribution in [-0.2, 0) is 16.3 Å². The van der Waals surface area contributed by atoms with Crippen molar-refractivity contribution in [2.45, 2.75) is 32.7 Å². The van der Waals surface area contributed by atoms with Crippen molar-refractivity contribution < 1.29 is 18.3 Å². The van der Waals surface area contributed by atoms with Crippen molar-refractivity contribution in [3.63, 3.8) is 0 Å². The van der Waals surface area contributed by atoms with Crippen LogP contribution in [0.4, 0.5) is 5.82 Å². The van der Waals surface area contributed by atoms with Crippen molar-refractivity contribution in [3.05, 3.63) is 23.4 Å². The molecule has 1 N–H and O–H groups in total. The number of pyridine rings is 1. The molecule has 1 atom stereocenters. The molecule has 2 rings (SSSR count). The molecule has 1 saturated heterocycles. The van der Waals surface area contributed by atoms with Crippen molar-refractivity contribution in [3.8, 4) is 0 Å². The summed E-state index contributed by atoms with van der Waals surface area (Å²) in [6, 6.07) is 2.91. The van der Waals surface area contributed by atoms with Gasteiger partial charge in [0.15, 0.2) is 9.84 Å². The third-order valence-corrected chi connectivity index (χ3v) is 5.38. The van der Waals surface area contributed by atoms with Gasteiger partial charge in [0.05, 0.1) is 17.1 Å². The van der Waals surface area contributed by atoms with Gasteiger partial charge in [-0.2, -0.15) is 0 Å². The van der Waals surface area contributed by atoms with Gasteiger partial charge >= 0.3 is 5.97 Å². The van der Waals surface area contributed by atoms with Crippen molar-refractivity contribution in [2.75, 3.05) is 23.0 Å². The van der Waals surface area contributed by atoms with Gasteiger partial charge in [0.2, 0.25) is 0 Å². The summed E-state index contributed by atoms with van der Waals surface area (Å²) >= 11 is 0. The Labute approximate surface area is 124 Å². The van der Waals surface area contributed by atoms with Crippen molar-refractivity contribution >= 4 is 21.6 Å². The van der Waals surface area contributed by atoms with Gasteiger partial charge in [-0.25, -0.2) is 18.2 Å². The molecule has 0 aromatic carbocycles. The molecule has 0 spiro atoms. The minimum absolute atomic E-state index is 0.0785. The molecule has 0 aliphatic carbocycles. The zero-order chi connectivity index (χ0) is 15.6. The summed E-state index contributed by atoms with van der Waals surface area (Å²) in [6.07, 6.45) is 1.58. The van der Waals surface area contributed by atoms with Crippen LogP contribution in [-0.4, -0.2) is 48.6 Å². The lowest BCUT2D eigenvalue weighted by Gasteiger charge is -2.34. The summed E-state index contributed by atoms with van der Waals surface area (Å²) in [5, 5.41) is 9.21. The number of aromatic carboxylic acids is 1. The Kier molecular flexibility index (Phi) is 4.51. The first kappa shape index (κ1) is 15.8. The first-order valence-corrected chi connectivity index (χ1v) is 8.86. The molecule has 1 aromatic rings. The lowest BCUT2D eigenvalue weighted by molar-refractivity contribution is 0.0696. The normalized spacial score (nSPS) is 21.2. The molecule has 2 heterocycles. The summed E-state index contributed by atoms with van der Waals surface area (Å²) in [7, 11) is -3.01. The van der Waals surface area contributed by atoms with Crippen LogP contribution in [0.3, 0.4) is 0 Å². The SMILES string of the molecule is CCCc1cc(C(=O)O)cc(N2CCS(=O)(=O)CC2C)n1. The highest BCUT2D eigenvalue weighted by Gasteiger charge is 2.29. The number of carbonyl (C=O) groups is 1. The number of hydrogen-bond donors (Lipinski definition) is 1. The van der Waals surface area contributed by atoms with Crippen LogP contribution in [0.1, 0.15) is 36.3 Å². The van der Waals surface area contributed by atoms with Crippen LogP contribution in [0.5, 0.6) is 0 Å². The van der Waals surface area contributed by atoms with E-state index in [4.69, 9.17) is 0 Å². The fraction of sp³-hybridized carbons (Fsp3) is 0.571. The molecular formula is C14H20N2O4S. The quantitative estimate of drug-likeness (QED) is 0.903.